The molecular weight excluding hydrogens is 552 g/mol. The number of fused-ring (bicyclic) bond motifs is 1. The van der Waals surface area contributed by atoms with E-state index in [4.69, 9.17) is 9.47 Å². The van der Waals surface area contributed by atoms with Gasteiger partial charge in [0.1, 0.15) is 6.04 Å². The summed E-state index contributed by atoms with van der Waals surface area (Å²) in [5.41, 5.74) is 1.06. The van der Waals surface area contributed by atoms with Gasteiger partial charge in [0.05, 0.1) is 6.04 Å². The second-order valence-electron chi connectivity index (χ2n) is 11.4. The Morgan fingerprint density at radius 1 is 0.860 bits per heavy atom. The van der Waals surface area contributed by atoms with Gasteiger partial charge in [0.25, 0.3) is 11.8 Å². The van der Waals surface area contributed by atoms with Gasteiger partial charge in [-0.2, -0.15) is 0 Å². The predicted molar refractivity (Wildman–Crippen MR) is 156 cm³/mol. The van der Waals surface area contributed by atoms with Gasteiger partial charge in [0, 0.05) is 30.5 Å². The molecule has 2 heterocycles. The van der Waals surface area contributed by atoms with Crippen LogP contribution in [0.3, 0.4) is 0 Å². The number of carbonyl (C=O) groups is 5. The van der Waals surface area contributed by atoms with Gasteiger partial charge in [0.2, 0.25) is 24.4 Å². The number of hydrogen-bond acceptors (Lipinski definition) is 7. The molecule has 2 aliphatic heterocycles. The van der Waals surface area contributed by atoms with E-state index < -0.39 is 41.5 Å². The van der Waals surface area contributed by atoms with Gasteiger partial charge in [-0.05, 0) is 55.9 Å². The number of carbonyl (C=O) groups excluding carboxylic acids is 5. The Hall–Kier alpha value is -4.41. The summed E-state index contributed by atoms with van der Waals surface area (Å²) >= 11 is 0. The summed E-state index contributed by atoms with van der Waals surface area (Å²) in [6.45, 7) is 0.607. The predicted octanol–water partition coefficient (Wildman–Crippen LogP) is 2.18. The van der Waals surface area contributed by atoms with Gasteiger partial charge in [-0.25, -0.2) is 0 Å². The molecule has 43 heavy (non-hydrogen) atoms. The molecule has 2 fully saturated rings. The van der Waals surface area contributed by atoms with Gasteiger partial charge in [0.15, 0.2) is 11.5 Å². The van der Waals surface area contributed by atoms with Crippen molar-refractivity contribution < 1.29 is 33.4 Å². The lowest BCUT2D eigenvalue weighted by molar-refractivity contribution is -0.141. The summed E-state index contributed by atoms with van der Waals surface area (Å²) in [5.74, 6) is -2.48. The molecule has 1 aliphatic carbocycles. The first-order valence-corrected chi connectivity index (χ1v) is 15.0. The lowest BCUT2D eigenvalue weighted by Gasteiger charge is -2.28. The summed E-state index contributed by atoms with van der Waals surface area (Å²) in [5, 5.41) is 11.2. The maximum atomic E-state index is 13.8. The van der Waals surface area contributed by atoms with Crippen LogP contribution in [0, 0.1) is 5.92 Å². The average molecular weight is 591 g/mol. The van der Waals surface area contributed by atoms with Crippen LogP contribution in [0.25, 0.3) is 0 Å². The first-order chi connectivity index (χ1) is 20.9. The molecule has 0 bridgehead atoms. The van der Waals surface area contributed by atoms with Crippen molar-refractivity contribution in [1.29, 1.82) is 0 Å². The van der Waals surface area contributed by atoms with Gasteiger partial charge in [-0.15, -0.1) is 0 Å². The van der Waals surface area contributed by atoms with E-state index in [-0.39, 0.29) is 37.1 Å². The smallest absolute Gasteiger partial charge is 0.289 e. The topological polar surface area (TPSA) is 152 Å². The van der Waals surface area contributed by atoms with Crippen molar-refractivity contribution in [1.82, 2.24) is 21.3 Å². The summed E-state index contributed by atoms with van der Waals surface area (Å²) in [4.78, 5) is 66.2. The van der Waals surface area contributed by atoms with Crippen LogP contribution in [0.1, 0.15) is 67.3 Å². The molecule has 4 amide bonds. The van der Waals surface area contributed by atoms with E-state index in [1.165, 1.54) is 0 Å². The maximum absolute atomic E-state index is 13.8. The molecule has 11 nitrogen and oxygen atoms in total. The van der Waals surface area contributed by atoms with Crippen LogP contribution < -0.4 is 30.7 Å². The van der Waals surface area contributed by atoms with Crippen LogP contribution in [-0.4, -0.2) is 60.9 Å². The Bertz CT molecular complexity index is 1340. The van der Waals surface area contributed by atoms with E-state index in [0.717, 1.165) is 44.1 Å². The quantitative estimate of drug-likeness (QED) is 0.293. The first kappa shape index (κ1) is 30.1. The summed E-state index contributed by atoms with van der Waals surface area (Å²) in [7, 11) is 0. The molecule has 0 radical (unpaired) electrons. The Morgan fingerprint density at radius 2 is 1.63 bits per heavy atom. The third kappa shape index (κ3) is 7.91. The minimum absolute atomic E-state index is 0.0113. The molecule has 2 aromatic carbocycles. The third-order valence-corrected chi connectivity index (χ3v) is 8.26. The molecule has 3 aliphatic rings. The fraction of sp³-hybridized carbons (Fsp3) is 0.469. The number of nitrogens with one attached hydrogen (secondary N) is 4. The van der Waals surface area contributed by atoms with E-state index in [9.17, 15) is 24.0 Å². The highest BCUT2D eigenvalue weighted by molar-refractivity contribution is 6.38. The molecule has 228 valence electrons. The van der Waals surface area contributed by atoms with Crippen molar-refractivity contribution in [3.05, 3.63) is 59.7 Å². The number of hydrogen-bond donors (Lipinski definition) is 4. The minimum atomic E-state index is -1.23. The second-order valence-corrected chi connectivity index (χ2v) is 11.4. The van der Waals surface area contributed by atoms with Gasteiger partial charge in [-0.3, -0.25) is 24.0 Å². The number of benzene rings is 2. The van der Waals surface area contributed by atoms with Crippen molar-refractivity contribution in [2.75, 3.05) is 13.3 Å². The van der Waals surface area contributed by atoms with E-state index in [1.54, 1.807) is 18.2 Å². The number of piperidine rings is 1. The molecule has 0 spiro atoms. The Morgan fingerprint density at radius 3 is 2.40 bits per heavy atom. The van der Waals surface area contributed by atoms with E-state index in [1.807, 2.05) is 30.3 Å². The highest BCUT2D eigenvalue weighted by Crippen LogP contribution is 2.32. The van der Waals surface area contributed by atoms with Crippen molar-refractivity contribution in [3.8, 4) is 11.5 Å². The van der Waals surface area contributed by atoms with E-state index in [2.05, 4.69) is 21.3 Å². The Kier molecular flexibility index (Phi) is 9.91. The number of amides is 4. The summed E-state index contributed by atoms with van der Waals surface area (Å²) < 4.78 is 10.7. The molecule has 1 saturated carbocycles. The Balaban J connectivity index is 1.34. The zero-order chi connectivity index (χ0) is 30.2. The molecular formula is C32H38N4O7. The number of ether oxygens (including phenoxy) is 2. The second kappa shape index (κ2) is 14.2. The zero-order valence-corrected chi connectivity index (χ0v) is 24.1. The molecule has 0 unspecified atom stereocenters. The zero-order valence-electron chi connectivity index (χ0n) is 24.1. The van der Waals surface area contributed by atoms with Crippen LogP contribution in [0.5, 0.6) is 11.5 Å². The standard InChI is InChI=1S/C32H38N4O7/c37-28(32(41)34-23-11-5-2-6-12-23)24(17-21-10-7-15-33-29(21)38)35-31(40)25(16-20-8-3-1-4-9-20)36-30(39)22-13-14-26-27(18-22)43-19-42-26/h1,3-4,8-9,13-14,18,21,23-25H,2,5-7,10-12,15-17,19H2,(H,33,38)(H,34,41)(H,35,40)(H,36,39)/t21-,24-,25-/m0/s1. The lowest BCUT2D eigenvalue weighted by Crippen LogP contribution is -2.56. The number of Topliss-reactive ketones (excluding diaryl/α,β-unsaturated/α-hetero) is 1. The number of rotatable bonds is 11. The molecule has 2 aromatic rings. The molecule has 3 atom stereocenters. The number of ketones is 1. The van der Waals surface area contributed by atoms with E-state index >= 15 is 0 Å². The molecule has 1 saturated heterocycles. The fourth-order valence-corrected chi connectivity index (χ4v) is 5.85. The minimum Gasteiger partial charge on any atom is -0.454 e. The third-order valence-electron chi connectivity index (χ3n) is 8.26. The van der Waals surface area contributed by atoms with Gasteiger partial charge < -0.3 is 30.7 Å². The molecule has 0 aromatic heterocycles. The summed E-state index contributed by atoms with van der Waals surface area (Å²) in [6, 6.07) is 11.5. The Labute approximate surface area is 250 Å². The van der Waals surface area contributed by atoms with E-state index in [0.29, 0.717) is 24.5 Å². The largest absolute Gasteiger partial charge is 0.454 e. The highest BCUT2D eigenvalue weighted by Gasteiger charge is 2.35. The molecule has 11 heteroatoms. The lowest BCUT2D eigenvalue weighted by atomic mass is 9.89. The normalized spacial score (nSPS) is 19.4. The van der Waals surface area contributed by atoms with Crippen LogP contribution in [0.15, 0.2) is 48.5 Å². The van der Waals surface area contributed by atoms with Gasteiger partial charge >= 0.3 is 0 Å². The van der Waals surface area contributed by atoms with Gasteiger partial charge in [-0.1, -0.05) is 49.6 Å². The summed E-state index contributed by atoms with van der Waals surface area (Å²) in [6.07, 6.45) is 6.06. The van der Waals surface area contributed by atoms with Crippen LogP contribution in [0.4, 0.5) is 0 Å². The van der Waals surface area contributed by atoms with Crippen LogP contribution in [0.2, 0.25) is 0 Å². The molecule has 4 N–H and O–H groups in total. The molecule has 5 rings (SSSR count). The van der Waals surface area contributed by atoms with Crippen molar-refractivity contribution >= 4 is 29.4 Å². The first-order valence-electron chi connectivity index (χ1n) is 15.0. The fourth-order valence-electron chi connectivity index (χ4n) is 5.85. The van der Waals surface area contributed by atoms with Crippen LogP contribution >= 0.6 is 0 Å². The average Bonchev–Trinajstić information content (AvgIpc) is 3.50. The maximum Gasteiger partial charge on any atom is 0.289 e. The SMILES string of the molecule is O=C(NC1CCCCC1)C(=O)[C@H](C[C@@H]1CCCNC1=O)NC(=O)[C@H](Cc1ccccc1)NC(=O)c1ccc2c(c1)OCO2. The van der Waals surface area contributed by atoms with Crippen molar-refractivity contribution in [2.45, 2.75) is 75.9 Å². The monoisotopic (exact) mass is 590 g/mol. The highest BCUT2D eigenvalue weighted by atomic mass is 16.7. The van der Waals surface area contributed by atoms with Crippen molar-refractivity contribution in [2.24, 2.45) is 5.92 Å². The van der Waals surface area contributed by atoms with Crippen LogP contribution in [-0.2, 0) is 25.6 Å². The van der Waals surface area contributed by atoms with Crippen molar-refractivity contribution in [3.63, 3.8) is 0 Å².